The van der Waals surface area contributed by atoms with Crippen molar-refractivity contribution in [2.45, 2.75) is 33.0 Å². The molecule has 2 rings (SSSR count). The summed E-state index contributed by atoms with van der Waals surface area (Å²) < 4.78 is 24.0. The van der Waals surface area contributed by atoms with Crippen molar-refractivity contribution in [1.82, 2.24) is 5.32 Å². The maximum Gasteiger partial charge on any atom is 0.338 e. The van der Waals surface area contributed by atoms with Crippen molar-refractivity contribution >= 4 is 11.9 Å². The first-order chi connectivity index (χ1) is 13.0. The highest BCUT2D eigenvalue weighted by atomic mass is 19.1. The van der Waals surface area contributed by atoms with E-state index in [1.807, 2.05) is 13.8 Å². The standard InChI is InChI=1S/C21H24FNO4/c1-15(2)26-13-16-7-9-18(10-8-16)21(25)27-14-20(24)23-12-11-17-5-3-4-6-19(17)22/h3-10,15H,11-14H2,1-2H3,(H,23,24). The molecule has 0 atom stereocenters. The van der Waals surface area contributed by atoms with Gasteiger partial charge in [-0.2, -0.15) is 0 Å². The monoisotopic (exact) mass is 373 g/mol. The minimum atomic E-state index is -0.574. The number of hydrogen-bond acceptors (Lipinski definition) is 4. The summed E-state index contributed by atoms with van der Waals surface area (Å²) in [5.41, 5.74) is 1.84. The third-order valence-corrected chi connectivity index (χ3v) is 3.78. The molecule has 2 aromatic carbocycles. The van der Waals surface area contributed by atoms with E-state index in [-0.39, 0.29) is 25.1 Å². The Morgan fingerprint density at radius 3 is 2.44 bits per heavy atom. The molecule has 144 valence electrons. The second-order valence-corrected chi connectivity index (χ2v) is 6.32. The van der Waals surface area contributed by atoms with Crippen LogP contribution in [0, 0.1) is 5.82 Å². The van der Waals surface area contributed by atoms with E-state index in [2.05, 4.69) is 5.32 Å². The van der Waals surface area contributed by atoms with Crippen molar-refractivity contribution in [3.63, 3.8) is 0 Å². The fourth-order valence-electron chi connectivity index (χ4n) is 2.30. The zero-order valence-corrected chi connectivity index (χ0v) is 15.5. The lowest BCUT2D eigenvalue weighted by Gasteiger charge is -2.09. The van der Waals surface area contributed by atoms with Crippen molar-refractivity contribution < 1.29 is 23.5 Å². The first kappa shape index (κ1) is 20.6. The molecule has 0 aromatic heterocycles. The van der Waals surface area contributed by atoms with Gasteiger partial charge in [0, 0.05) is 6.54 Å². The highest BCUT2D eigenvalue weighted by Gasteiger charge is 2.10. The van der Waals surface area contributed by atoms with Crippen LogP contribution in [-0.4, -0.2) is 31.1 Å². The van der Waals surface area contributed by atoms with Crippen molar-refractivity contribution in [2.24, 2.45) is 0 Å². The molecule has 0 heterocycles. The van der Waals surface area contributed by atoms with E-state index in [1.54, 1.807) is 42.5 Å². The summed E-state index contributed by atoms with van der Waals surface area (Å²) in [6.45, 7) is 4.26. The van der Waals surface area contributed by atoms with Crippen LogP contribution < -0.4 is 5.32 Å². The van der Waals surface area contributed by atoms with E-state index in [4.69, 9.17) is 9.47 Å². The summed E-state index contributed by atoms with van der Waals surface area (Å²) in [6, 6.07) is 13.2. The fourth-order valence-corrected chi connectivity index (χ4v) is 2.30. The number of nitrogens with one attached hydrogen (secondary N) is 1. The van der Waals surface area contributed by atoms with Gasteiger partial charge in [-0.15, -0.1) is 0 Å². The predicted octanol–water partition coefficient (Wildman–Crippen LogP) is 3.27. The van der Waals surface area contributed by atoms with Gasteiger partial charge in [0.2, 0.25) is 0 Å². The van der Waals surface area contributed by atoms with Crippen LogP contribution in [0.4, 0.5) is 4.39 Å². The van der Waals surface area contributed by atoms with Gasteiger partial charge in [0.15, 0.2) is 6.61 Å². The topological polar surface area (TPSA) is 64.6 Å². The molecule has 0 aliphatic rings. The zero-order chi connectivity index (χ0) is 19.6. The van der Waals surface area contributed by atoms with Crippen LogP contribution in [0.15, 0.2) is 48.5 Å². The molecule has 0 aliphatic carbocycles. The van der Waals surface area contributed by atoms with E-state index in [0.717, 1.165) is 5.56 Å². The number of carbonyl (C=O) groups excluding carboxylic acids is 2. The minimum Gasteiger partial charge on any atom is -0.452 e. The number of rotatable bonds is 9. The molecule has 0 fully saturated rings. The van der Waals surface area contributed by atoms with Gasteiger partial charge in [0.25, 0.3) is 5.91 Å². The zero-order valence-electron chi connectivity index (χ0n) is 15.5. The van der Waals surface area contributed by atoms with Gasteiger partial charge in [-0.3, -0.25) is 4.79 Å². The third kappa shape index (κ3) is 7.19. The van der Waals surface area contributed by atoms with Gasteiger partial charge in [0.1, 0.15) is 5.82 Å². The molecular formula is C21H24FNO4. The SMILES string of the molecule is CC(C)OCc1ccc(C(=O)OCC(=O)NCCc2ccccc2F)cc1. The summed E-state index contributed by atoms with van der Waals surface area (Å²) >= 11 is 0. The molecule has 0 unspecified atom stereocenters. The molecule has 0 aliphatic heterocycles. The lowest BCUT2D eigenvalue weighted by atomic mass is 10.1. The number of esters is 1. The number of amides is 1. The molecule has 1 amide bonds. The van der Waals surface area contributed by atoms with Crippen LogP contribution in [0.5, 0.6) is 0 Å². The van der Waals surface area contributed by atoms with E-state index in [9.17, 15) is 14.0 Å². The molecule has 0 radical (unpaired) electrons. The number of halogens is 1. The van der Waals surface area contributed by atoms with E-state index in [1.165, 1.54) is 6.07 Å². The third-order valence-electron chi connectivity index (χ3n) is 3.78. The minimum absolute atomic E-state index is 0.131. The van der Waals surface area contributed by atoms with E-state index >= 15 is 0 Å². The molecule has 1 N–H and O–H groups in total. The lowest BCUT2D eigenvalue weighted by Crippen LogP contribution is -2.30. The smallest absolute Gasteiger partial charge is 0.338 e. The number of benzene rings is 2. The van der Waals surface area contributed by atoms with Gasteiger partial charge >= 0.3 is 5.97 Å². The van der Waals surface area contributed by atoms with Crippen LogP contribution >= 0.6 is 0 Å². The Bertz CT molecular complexity index is 759. The van der Waals surface area contributed by atoms with Gasteiger partial charge < -0.3 is 14.8 Å². The lowest BCUT2D eigenvalue weighted by molar-refractivity contribution is -0.124. The molecule has 2 aromatic rings. The van der Waals surface area contributed by atoms with Crippen LogP contribution in [-0.2, 0) is 27.3 Å². The molecule has 0 bridgehead atoms. The number of hydrogen-bond donors (Lipinski definition) is 1. The maximum absolute atomic E-state index is 13.5. The Balaban J connectivity index is 1.71. The van der Waals surface area contributed by atoms with Crippen LogP contribution in [0.25, 0.3) is 0 Å². The molecular weight excluding hydrogens is 349 g/mol. The average Bonchev–Trinajstić information content (AvgIpc) is 2.66. The largest absolute Gasteiger partial charge is 0.452 e. The second kappa shape index (κ2) is 10.4. The summed E-state index contributed by atoms with van der Waals surface area (Å²) in [7, 11) is 0. The first-order valence-electron chi connectivity index (χ1n) is 8.83. The molecule has 27 heavy (non-hydrogen) atoms. The maximum atomic E-state index is 13.5. The predicted molar refractivity (Wildman–Crippen MR) is 99.8 cm³/mol. The van der Waals surface area contributed by atoms with Crippen LogP contribution in [0.1, 0.15) is 35.3 Å². The highest BCUT2D eigenvalue weighted by molar-refractivity contribution is 5.91. The highest BCUT2D eigenvalue weighted by Crippen LogP contribution is 2.09. The Labute approximate surface area is 158 Å². The second-order valence-electron chi connectivity index (χ2n) is 6.32. The average molecular weight is 373 g/mol. The first-order valence-corrected chi connectivity index (χ1v) is 8.83. The number of ether oxygens (including phenoxy) is 2. The number of carbonyl (C=O) groups is 2. The normalized spacial score (nSPS) is 10.7. The van der Waals surface area contributed by atoms with Gasteiger partial charge in [-0.05, 0) is 49.6 Å². The summed E-state index contributed by atoms with van der Waals surface area (Å²) in [5, 5.41) is 2.60. The summed E-state index contributed by atoms with van der Waals surface area (Å²) in [4.78, 5) is 23.7. The fraction of sp³-hybridized carbons (Fsp3) is 0.333. The van der Waals surface area contributed by atoms with Crippen molar-refractivity contribution in [3.8, 4) is 0 Å². The Kier molecular flexibility index (Phi) is 7.95. The van der Waals surface area contributed by atoms with Crippen molar-refractivity contribution in [3.05, 3.63) is 71.0 Å². The van der Waals surface area contributed by atoms with Crippen LogP contribution in [0.3, 0.4) is 0 Å². The van der Waals surface area contributed by atoms with Gasteiger partial charge in [-0.25, -0.2) is 9.18 Å². The van der Waals surface area contributed by atoms with Crippen molar-refractivity contribution in [2.75, 3.05) is 13.2 Å². The summed E-state index contributed by atoms with van der Waals surface area (Å²) in [6.07, 6.45) is 0.498. The Morgan fingerprint density at radius 2 is 1.78 bits per heavy atom. The summed E-state index contributed by atoms with van der Waals surface area (Å²) in [5.74, 6) is -1.31. The van der Waals surface area contributed by atoms with Crippen LogP contribution in [0.2, 0.25) is 0 Å². The molecule has 0 saturated carbocycles. The van der Waals surface area contributed by atoms with E-state index in [0.29, 0.717) is 24.2 Å². The molecule has 6 heteroatoms. The Hall–Kier alpha value is -2.73. The molecule has 0 saturated heterocycles. The Morgan fingerprint density at radius 1 is 1.07 bits per heavy atom. The van der Waals surface area contributed by atoms with E-state index < -0.39 is 11.9 Å². The molecule has 5 nitrogen and oxygen atoms in total. The van der Waals surface area contributed by atoms with Gasteiger partial charge in [0.05, 0.1) is 18.3 Å². The van der Waals surface area contributed by atoms with Gasteiger partial charge in [-0.1, -0.05) is 30.3 Å². The van der Waals surface area contributed by atoms with Crippen molar-refractivity contribution in [1.29, 1.82) is 0 Å². The molecule has 0 spiro atoms. The quantitative estimate of drug-likeness (QED) is 0.685.